The van der Waals surface area contributed by atoms with Crippen molar-refractivity contribution >= 4 is 17.8 Å². The molecule has 0 radical (unpaired) electrons. The summed E-state index contributed by atoms with van der Waals surface area (Å²) in [5, 5.41) is 0. The van der Waals surface area contributed by atoms with Gasteiger partial charge in [-0.05, 0) is 26.2 Å². The smallest absolute Gasteiger partial charge is 0.231 e. The van der Waals surface area contributed by atoms with Gasteiger partial charge in [-0.2, -0.15) is 15.0 Å². The highest BCUT2D eigenvalue weighted by molar-refractivity contribution is 5.43. The Kier molecular flexibility index (Phi) is 4.17. The maximum atomic E-state index is 5.80. The Balaban J connectivity index is 2.24. The number of hydrogen-bond acceptors (Lipinski definition) is 6. The SMILES string of the molecule is CCCN(CC)c1nc(N)nc(N2CCCC2)n1. The molecule has 1 aromatic rings. The van der Waals surface area contributed by atoms with Crippen LogP contribution in [0.5, 0.6) is 0 Å². The topological polar surface area (TPSA) is 71.2 Å². The predicted octanol–water partition coefficient (Wildman–Crippen LogP) is 1.29. The van der Waals surface area contributed by atoms with Gasteiger partial charge < -0.3 is 15.5 Å². The van der Waals surface area contributed by atoms with Gasteiger partial charge in [-0.3, -0.25) is 0 Å². The first-order chi connectivity index (χ1) is 8.74. The van der Waals surface area contributed by atoms with Gasteiger partial charge in [0.15, 0.2) is 0 Å². The molecule has 1 aromatic heterocycles. The average Bonchev–Trinajstić information content (AvgIpc) is 2.89. The van der Waals surface area contributed by atoms with E-state index in [-0.39, 0.29) is 0 Å². The summed E-state index contributed by atoms with van der Waals surface area (Å²) in [7, 11) is 0. The van der Waals surface area contributed by atoms with Crippen LogP contribution in [0, 0.1) is 0 Å². The average molecular weight is 250 g/mol. The Morgan fingerprint density at radius 1 is 1.17 bits per heavy atom. The number of rotatable bonds is 5. The molecule has 1 aliphatic rings. The van der Waals surface area contributed by atoms with E-state index in [1.165, 1.54) is 12.8 Å². The molecule has 0 unspecified atom stereocenters. The van der Waals surface area contributed by atoms with E-state index in [0.29, 0.717) is 11.9 Å². The van der Waals surface area contributed by atoms with Crippen molar-refractivity contribution in [2.45, 2.75) is 33.1 Å². The lowest BCUT2D eigenvalue weighted by Crippen LogP contribution is -2.28. The molecule has 0 atom stereocenters. The molecule has 0 amide bonds. The zero-order chi connectivity index (χ0) is 13.0. The molecule has 0 saturated carbocycles. The van der Waals surface area contributed by atoms with E-state index in [1.54, 1.807) is 0 Å². The molecular formula is C12H22N6. The normalized spacial score (nSPS) is 15.1. The summed E-state index contributed by atoms with van der Waals surface area (Å²) in [6, 6.07) is 0. The van der Waals surface area contributed by atoms with Gasteiger partial charge in [0.2, 0.25) is 17.8 Å². The summed E-state index contributed by atoms with van der Waals surface area (Å²) < 4.78 is 0. The molecule has 6 nitrogen and oxygen atoms in total. The summed E-state index contributed by atoms with van der Waals surface area (Å²) >= 11 is 0. The molecule has 1 saturated heterocycles. The maximum Gasteiger partial charge on any atom is 0.231 e. The van der Waals surface area contributed by atoms with E-state index in [9.17, 15) is 0 Å². The van der Waals surface area contributed by atoms with Crippen molar-refractivity contribution in [2.75, 3.05) is 41.7 Å². The first kappa shape index (κ1) is 12.9. The summed E-state index contributed by atoms with van der Waals surface area (Å²) in [5.41, 5.74) is 5.80. The Morgan fingerprint density at radius 2 is 1.89 bits per heavy atom. The third-order valence-electron chi connectivity index (χ3n) is 3.18. The van der Waals surface area contributed by atoms with Crippen molar-refractivity contribution in [1.82, 2.24) is 15.0 Å². The van der Waals surface area contributed by atoms with Gasteiger partial charge in [-0.1, -0.05) is 6.92 Å². The summed E-state index contributed by atoms with van der Waals surface area (Å²) in [4.78, 5) is 17.4. The molecule has 100 valence electrons. The van der Waals surface area contributed by atoms with Crippen LogP contribution in [0.3, 0.4) is 0 Å². The van der Waals surface area contributed by atoms with E-state index < -0.39 is 0 Å². The molecule has 2 heterocycles. The molecule has 0 spiro atoms. The molecule has 2 rings (SSSR count). The highest BCUT2D eigenvalue weighted by atomic mass is 15.4. The highest BCUT2D eigenvalue weighted by Crippen LogP contribution is 2.19. The van der Waals surface area contributed by atoms with Crippen molar-refractivity contribution in [1.29, 1.82) is 0 Å². The Bertz CT molecular complexity index is 388. The van der Waals surface area contributed by atoms with Gasteiger partial charge in [0.05, 0.1) is 0 Å². The van der Waals surface area contributed by atoms with Crippen molar-refractivity contribution in [3.8, 4) is 0 Å². The third kappa shape index (κ3) is 2.80. The lowest BCUT2D eigenvalue weighted by molar-refractivity contribution is 0.753. The quantitative estimate of drug-likeness (QED) is 0.849. The Labute approximate surface area is 108 Å². The lowest BCUT2D eigenvalue weighted by Gasteiger charge is -2.22. The fourth-order valence-electron chi connectivity index (χ4n) is 2.24. The van der Waals surface area contributed by atoms with Crippen LogP contribution in [0.25, 0.3) is 0 Å². The number of nitrogens with zero attached hydrogens (tertiary/aromatic N) is 5. The molecule has 0 aromatic carbocycles. The molecule has 6 heteroatoms. The van der Waals surface area contributed by atoms with Gasteiger partial charge in [0, 0.05) is 26.2 Å². The monoisotopic (exact) mass is 250 g/mol. The molecular weight excluding hydrogens is 228 g/mol. The van der Waals surface area contributed by atoms with Crippen molar-refractivity contribution in [3.63, 3.8) is 0 Å². The van der Waals surface area contributed by atoms with E-state index in [0.717, 1.165) is 38.5 Å². The van der Waals surface area contributed by atoms with Crippen LogP contribution in [0.4, 0.5) is 17.8 Å². The van der Waals surface area contributed by atoms with Crippen LogP contribution in [-0.4, -0.2) is 41.1 Å². The number of nitrogen functional groups attached to an aromatic ring is 1. The van der Waals surface area contributed by atoms with Gasteiger partial charge in [0.25, 0.3) is 0 Å². The molecule has 18 heavy (non-hydrogen) atoms. The Morgan fingerprint density at radius 3 is 2.50 bits per heavy atom. The first-order valence-electron chi connectivity index (χ1n) is 6.76. The van der Waals surface area contributed by atoms with E-state index >= 15 is 0 Å². The number of anilines is 3. The number of aromatic nitrogens is 3. The zero-order valence-electron chi connectivity index (χ0n) is 11.3. The summed E-state index contributed by atoms with van der Waals surface area (Å²) in [6.07, 6.45) is 3.47. The van der Waals surface area contributed by atoms with Crippen LogP contribution in [0.1, 0.15) is 33.1 Å². The first-order valence-corrected chi connectivity index (χ1v) is 6.76. The second-order valence-corrected chi connectivity index (χ2v) is 4.57. The third-order valence-corrected chi connectivity index (χ3v) is 3.18. The van der Waals surface area contributed by atoms with E-state index in [4.69, 9.17) is 5.73 Å². The summed E-state index contributed by atoms with van der Waals surface area (Å²) in [6.45, 7) is 8.11. The van der Waals surface area contributed by atoms with Crippen molar-refractivity contribution in [3.05, 3.63) is 0 Å². The lowest BCUT2D eigenvalue weighted by atomic mass is 10.4. The highest BCUT2D eigenvalue weighted by Gasteiger charge is 2.18. The van der Waals surface area contributed by atoms with Crippen LogP contribution in [-0.2, 0) is 0 Å². The molecule has 0 aliphatic carbocycles. The van der Waals surface area contributed by atoms with Gasteiger partial charge in [-0.25, -0.2) is 0 Å². The van der Waals surface area contributed by atoms with Crippen LogP contribution in [0.2, 0.25) is 0 Å². The van der Waals surface area contributed by atoms with Gasteiger partial charge in [-0.15, -0.1) is 0 Å². The van der Waals surface area contributed by atoms with Gasteiger partial charge >= 0.3 is 0 Å². The minimum absolute atomic E-state index is 0.316. The van der Waals surface area contributed by atoms with Crippen LogP contribution < -0.4 is 15.5 Å². The van der Waals surface area contributed by atoms with Crippen molar-refractivity contribution in [2.24, 2.45) is 0 Å². The van der Waals surface area contributed by atoms with Gasteiger partial charge in [0.1, 0.15) is 0 Å². The predicted molar refractivity (Wildman–Crippen MR) is 73.9 cm³/mol. The fourth-order valence-corrected chi connectivity index (χ4v) is 2.24. The maximum absolute atomic E-state index is 5.80. The van der Waals surface area contributed by atoms with E-state index in [2.05, 4.69) is 38.6 Å². The second-order valence-electron chi connectivity index (χ2n) is 4.57. The molecule has 2 N–H and O–H groups in total. The van der Waals surface area contributed by atoms with E-state index in [1.807, 2.05) is 0 Å². The fraction of sp³-hybridized carbons (Fsp3) is 0.750. The molecule has 0 bridgehead atoms. The Hall–Kier alpha value is -1.59. The number of nitrogens with two attached hydrogens (primary N) is 1. The largest absolute Gasteiger partial charge is 0.368 e. The summed E-state index contributed by atoms with van der Waals surface area (Å²) in [5.74, 6) is 1.75. The number of hydrogen-bond donors (Lipinski definition) is 1. The minimum Gasteiger partial charge on any atom is -0.368 e. The van der Waals surface area contributed by atoms with Crippen LogP contribution >= 0.6 is 0 Å². The minimum atomic E-state index is 0.316. The van der Waals surface area contributed by atoms with Crippen molar-refractivity contribution < 1.29 is 0 Å². The molecule has 1 fully saturated rings. The molecule has 1 aliphatic heterocycles. The zero-order valence-corrected chi connectivity index (χ0v) is 11.3. The second kappa shape index (κ2) is 5.84. The van der Waals surface area contributed by atoms with Crippen LogP contribution in [0.15, 0.2) is 0 Å². The standard InChI is InChI=1S/C12H22N6/c1-3-7-17(4-2)11-14-10(13)15-12(16-11)18-8-5-6-9-18/h3-9H2,1-2H3,(H2,13,14,15,16).